The number of benzene rings is 1. The minimum atomic E-state index is -0.301. The molecular weight excluding hydrogens is 300 g/mol. The first-order valence-corrected chi connectivity index (χ1v) is 7.49. The molecule has 1 aromatic heterocycles. The molecule has 1 amide bonds. The van der Waals surface area contributed by atoms with Crippen molar-refractivity contribution in [3.05, 3.63) is 58.9 Å². The summed E-state index contributed by atoms with van der Waals surface area (Å²) < 4.78 is 0. The number of aromatic nitrogens is 1. The third kappa shape index (κ3) is 3.27. The van der Waals surface area contributed by atoms with Crippen LogP contribution in [0.2, 0.25) is 5.02 Å². The molecule has 5 nitrogen and oxygen atoms in total. The highest BCUT2D eigenvalue weighted by molar-refractivity contribution is 6.31. The van der Waals surface area contributed by atoms with Crippen molar-refractivity contribution in [2.24, 2.45) is 0 Å². The highest BCUT2D eigenvalue weighted by Crippen LogP contribution is 2.23. The summed E-state index contributed by atoms with van der Waals surface area (Å²) in [6.07, 6.45) is 4.20. The first-order valence-electron chi connectivity index (χ1n) is 7.11. The van der Waals surface area contributed by atoms with Crippen molar-refractivity contribution in [3.8, 4) is 0 Å². The van der Waals surface area contributed by atoms with E-state index in [1.807, 2.05) is 31.2 Å². The number of hydrazine groups is 1. The molecule has 0 bridgehead atoms. The summed E-state index contributed by atoms with van der Waals surface area (Å²) in [5.74, 6) is -0.0844. The third-order valence-electron chi connectivity index (χ3n) is 3.75. The van der Waals surface area contributed by atoms with Crippen LogP contribution in [0.4, 0.5) is 5.69 Å². The molecule has 0 spiro atoms. The van der Waals surface area contributed by atoms with Crippen molar-refractivity contribution in [2.45, 2.75) is 25.4 Å². The minimum absolute atomic E-state index is 0.0751. The molecule has 1 aromatic carbocycles. The number of hydrogen-bond acceptors (Lipinski definition) is 4. The lowest BCUT2D eigenvalue weighted by atomic mass is 10.0. The van der Waals surface area contributed by atoms with Crippen molar-refractivity contribution in [1.82, 2.24) is 15.8 Å². The van der Waals surface area contributed by atoms with E-state index in [-0.39, 0.29) is 18.0 Å². The van der Waals surface area contributed by atoms with Crippen molar-refractivity contribution >= 4 is 23.2 Å². The quantitative estimate of drug-likeness (QED) is 0.814. The Kier molecular flexibility index (Phi) is 4.38. The van der Waals surface area contributed by atoms with Crippen LogP contribution in [0.1, 0.15) is 23.6 Å². The van der Waals surface area contributed by atoms with E-state index < -0.39 is 0 Å². The summed E-state index contributed by atoms with van der Waals surface area (Å²) in [7, 11) is 0. The Balaban J connectivity index is 1.63. The molecule has 0 aliphatic carbocycles. The summed E-state index contributed by atoms with van der Waals surface area (Å²) in [5.41, 5.74) is 8.91. The standard InChI is InChI=1S/C16H17ClN4O/c1-10-4-5-12(7-13(10)17)19-16(22)15-8-14(20-21-15)11-3-2-6-18-9-11/h2-7,9,14-15,20-21H,8H2,1H3,(H,19,22). The maximum Gasteiger partial charge on any atom is 0.242 e. The Labute approximate surface area is 134 Å². The molecule has 2 heterocycles. The van der Waals surface area contributed by atoms with Gasteiger partial charge in [-0.25, -0.2) is 10.9 Å². The lowest BCUT2D eigenvalue weighted by Crippen LogP contribution is -2.39. The van der Waals surface area contributed by atoms with Gasteiger partial charge in [-0.15, -0.1) is 0 Å². The molecule has 3 N–H and O–H groups in total. The molecule has 0 radical (unpaired) electrons. The number of pyridine rings is 1. The van der Waals surface area contributed by atoms with Crippen molar-refractivity contribution in [3.63, 3.8) is 0 Å². The van der Waals surface area contributed by atoms with E-state index >= 15 is 0 Å². The van der Waals surface area contributed by atoms with Crippen molar-refractivity contribution < 1.29 is 4.79 Å². The first kappa shape index (κ1) is 15.0. The fraction of sp³-hybridized carbons (Fsp3) is 0.250. The van der Waals surface area contributed by atoms with Gasteiger partial charge in [-0.2, -0.15) is 0 Å². The molecule has 114 valence electrons. The largest absolute Gasteiger partial charge is 0.325 e. The van der Waals surface area contributed by atoms with Crippen LogP contribution in [0.25, 0.3) is 0 Å². The van der Waals surface area contributed by atoms with Crippen LogP contribution in [0.3, 0.4) is 0 Å². The smallest absolute Gasteiger partial charge is 0.242 e. The van der Waals surface area contributed by atoms with E-state index in [9.17, 15) is 4.79 Å². The zero-order chi connectivity index (χ0) is 15.5. The van der Waals surface area contributed by atoms with Gasteiger partial charge in [0.1, 0.15) is 6.04 Å². The Morgan fingerprint density at radius 2 is 2.23 bits per heavy atom. The maximum absolute atomic E-state index is 12.3. The van der Waals surface area contributed by atoms with Crippen LogP contribution < -0.4 is 16.2 Å². The Morgan fingerprint density at radius 3 is 2.95 bits per heavy atom. The highest BCUT2D eigenvalue weighted by atomic mass is 35.5. The molecule has 6 heteroatoms. The van der Waals surface area contributed by atoms with Gasteiger partial charge in [-0.3, -0.25) is 9.78 Å². The molecule has 2 unspecified atom stereocenters. The lowest BCUT2D eigenvalue weighted by Gasteiger charge is -2.11. The molecule has 1 saturated heterocycles. The summed E-state index contributed by atoms with van der Waals surface area (Å²) in [5, 5.41) is 3.52. The number of nitrogens with zero attached hydrogens (tertiary/aromatic N) is 1. The molecule has 1 aliphatic heterocycles. The maximum atomic E-state index is 12.3. The van der Waals surface area contributed by atoms with Crippen LogP contribution in [0.5, 0.6) is 0 Å². The van der Waals surface area contributed by atoms with Crippen LogP contribution in [0, 0.1) is 6.92 Å². The summed E-state index contributed by atoms with van der Waals surface area (Å²) in [6, 6.07) is 9.15. The molecule has 0 saturated carbocycles. The Morgan fingerprint density at radius 1 is 1.36 bits per heavy atom. The van der Waals surface area contributed by atoms with Crippen LogP contribution in [0.15, 0.2) is 42.7 Å². The monoisotopic (exact) mass is 316 g/mol. The number of hydrogen-bond donors (Lipinski definition) is 3. The molecule has 1 aliphatic rings. The molecule has 2 aromatic rings. The predicted molar refractivity (Wildman–Crippen MR) is 86.5 cm³/mol. The zero-order valence-electron chi connectivity index (χ0n) is 12.1. The van der Waals surface area contributed by atoms with Gasteiger partial charge in [0.15, 0.2) is 0 Å². The summed E-state index contributed by atoms with van der Waals surface area (Å²) in [6.45, 7) is 1.93. The molecule has 1 fully saturated rings. The van der Waals surface area contributed by atoms with E-state index in [1.54, 1.807) is 18.5 Å². The Bertz CT molecular complexity index is 677. The van der Waals surface area contributed by atoms with Gasteiger partial charge in [0.2, 0.25) is 5.91 Å². The fourth-order valence-electron chi connectivity index (χ4n) is 2.43. The van der Waals surface area contributed by atoms with Crippen molar-refractivity contribution in [2.75, 3.05) is 5.32 Å². The molecule has 3 rings (SSSR count). The van der Waals surface area contributed by atoms with Gasteiger partial charge in [-0.1, -0.05) is 23.7 Å². The van der Waals surface area contributed by atoms with Gasteiger partial charge in [-0.05, 0) is 42.7 Å². The Hall–Kier alpha value is -1.95. The second-order valence-electron chi connectivity index (χ2n) is 5.37. The van der Waals surface area contributed by atoms with Gasteiger partial charge < -0.3 is 5.32 Å². The number of carbonyl (C=O) groups excluding carboxylic acids is 1. The number of amides is 1. The van der Waals surface area contributed by atoms with E-state index in [0.29, 0.717) is 17.1 Å². The van der Waals surface area contributed by atoms with E-state index in [4.69, 9.17) is 11.6 Å². The fourth-order valence-corrected chi connectivity index (χ4v) is 2.61. The number of rotatable bonds is 3. The average Bonchev–Trinajstić information content (AvgIpc) is 3.02. The SMILES string of the molecule is Cc1ccc(NC(=O)C2CC(c3cccnc3)NN2)cc1Cl. The van der Waals surface area contributed by atoms with Crippen LogP contribution >= 0.6 is 11.6 Å². The van der Waals surface area contributed by atoms with Gasteiger partial charge in [0.05, 0.1) is 0 Å². The number of carbonyl (C=O) groups is 1. The van der Waals surface area contributed by atoms with Gasteiger partial charge >= 0.3 is 0 Å². The third-order valence-corrected chi connectivity index (χ3v) is 4.15. The number of halogens is 1. The summed E-state index contributed by atoms with van der Waals surface area (Å²) in [4.78, 5) is 16.4. The number of nitrogens with one attached hydrogen (secondary N) is 3. The van der Waals surface area contributed by atoms with Gasteiger partial charge in [0.25, 0.3) is 0 Å². The van der Waals surface area contributed by atoms with Crippen molar-refractivity contribution in [1.29, 1.82) is 0 Å². The zero-order valence-corrected chi connectivity index (χ0v) is 12.9. The molecule has 22 heavy (non-hydrogen) atoms. The van der Waals surface area contributed by atoms with E-state index in [0.717, 1.165) is 11.1 Å². The number of aryl methyl sites for hydroxylation is 1. The second kappa shape index (κ2) is 6.44. The summed E-state index contributed by atoms with van der Waals surface area (Å²) >= 11 is 6.07. The van der Waals surface area contributed by atoms with E-state index in [1.165, 1.54) is 0 Å². The normalized spacial score (nSPS) is 20.8. The predicted octanol–water partition coefficient (Wildman–Crippen LogP) is 2.59. The second-order valence-corrected chi connectivity index (χ2v) is 5.78. The van der Waals surface area contributed by atoms with Crippen LogP contribution in [-0.2, 0) is 4.79 Å². The minimum Gasteiger partial charge on any atom is -0.325 e. The average molecular weight is 317 g/mol. The van der Waals surface area contributed by atoms with E-state index in [2.05, 4.69) is 21.2 Å². The van der Waals surface area contributed by atoms with Gasteiger partial charge in [0, 0.05) is 29.1 Å². The molecule has 2 atom stereocenters. The van der Waals surface area contributed by atoms with Crippen LogP contribution in [-0.4, -0.2) is 16.9 Å². The first-order chi connectivity index (χ1) is 10.6. The topological polar surface area (TPSA) is 66.0 Å². The lowest BCUT2D eigenvalue weighted by molar-refractivity contribution is -0.117. The number of anilines is 1. The highest BCUT2D eigenvalue weighted by Gasteiger charge is 2.30. The molecular formula is C16H17ClN4O.